The Labute approximate surface area is 131 Å². The van der Waals surface area contributed by atoms with E-state index in [0.29, 0.717) is 18.9 Å². The Bertz CT molecular complexity index is 556. The van der Waals surface area contributed by atoms with Gasteiger partial charge in [0.15, 0.2) is 0 Å². The maximum Gasteiger partial charge on any atom is 0.228 e. The van der Waals surface area contributed by atoms with Crippen LogP contribution in [0.15, 0.2) is 24.4 Å². The van der Waals surface area contributed by atoms with Crippen LogP contribution in [0.3, 0.4) is 0 Å². The molecule has 1 aliphatic carbocycles. The molecule has 3 rings (SSSR count). The Morgan fingerprint density at radius 2 is 2.23 bits per heavy atom. The van der Waals surface area contributed by atoms with Crippen LogP contribution in [0, 0.1) is 11.8 Å². The first-order valence-corrected chi connectivity index (χ1v) is 8.01. The number of rotatable bonds is 5. The van der Waals surface area contributed by atoms with Crippen molar-refractivity contribution < 1.29 is 9.59 Å². The molecule has 2 fully saturated rings. The van der Waals surface area contributed by atoms with Gasteiger partial charge in [0.25, 0.3) is 0 Å². The Kier molecular flexibility index (Phi) is 4.14. The van der Waals surface area contributed by atoms with Gasteiger partial charge in [-0.3, -0.25) is 14.6 Å². The van der Waals surface area contributed by atoms with Gasteiger partial charge < -0.3 is 9.80 Å². The number of pyridine rings is 1. The molecule has 0 spiro atoms. The van der Waals surface area contributed by atoms with Crippen molar-refractivity contribution in [1.29, 1.82) is 0 Å². The molecule has 0 radical (unpaired) electrons. The molecule has 0 N–H and O–H groups in total. The SMILES string of the molecule is C[C@@H](c1ccccn1)N(C)C(=O)[C@H]1CC(=O)N(CC2CC2)C1. The molecule has 1 aromatic heterocycles. The van der Waals surface area contributed by atoms with Gasteiger partial charge in [-0.2, -0.15) is 0 Å². The minimum absolute atomic E-state index is 0.0461. The third kappa shape index (κ3) is 3.13. The third-order valence-electron chi connectivity index (χ3n) is 4.78. The largest absolute Gasteiger partial charge is 0.342 e. The number of amides is 2. The van der Waals surface area contributed by atoms with Gasteiger partial charge in [-0.25, -0.2) is 0 Å². The highest BCUT2D eigenvalue weighted by Crippen LogP contribution is 2.32. The van der Waals surface area contributed by atoms with Gasteiger partial charge in [-0.05, 0) is 37.8 Å². The van der Waals surface area contributed by atoms with Gasteiger partial charge in [0.1, 0.15) is 0 Å². The van der Waals surface area contributed by atoms with Crippen LogP contribution in [-0.2, 0) is 9.59 Å². The normalized spacial score (nSPS) is 22.7. The van der Waals surface area contributed by atoms with Gasteiger partial charge in [0.05, 0.1) is 17.7 Å². The van der Waals surface area contributed by atoms with E-state index in [-0.39, 0.29) is 23.8 Å². The lowest BCUT2D eigenvalue weighted by atomic mass is 10.1. The van der Waals surface area contributed by atoms with Gasteiger partial charge in [-0.1, -0.05) is 6.07 Å². The van der Waals surface area contributed by atoms with Crippen molar-refractivity contribution in [2.45, 2.75) is 32.2 Å². The second-order valence-corrected chi connectivity index (χ2v) is 6.52. The quantitative estimate of drug-likeness (QED) is 0.834. The molecule has 1 saturated heterocycles. The second-order valence-electron chi connectivity index (χ2n) is 6.52. The van der Waals surface area contributed by atoms with E-state index in [0.717, 1.165) is 12.2 Å². The van der Waals surface area contributed by atoms with Crippen LogP contribution in [0.2, 0.25) is 0 Å². The molecular weight excluding hydrogens is 278 g/mol. The molecule has 2 amide bonds. The van der Waals surface area contributed by atoms with E-state index in [1.807, 2.05) is 30.0 Å². The maximum atomic E-state index is 12.7. The van der Waals surface area contributed by atoms with Crippen LogP contribution in [0.25, 0.3) is 0 Å². The number of carbonyl (C=O) groups is 2. The fourth-order valence-corrected chi connectivity index (χ4v) is 3.03. The van der Waals surface area contributed by atoms with E-state index in [2.05, 4.69) is 4.98 Å². The number of hydrogen-bond donors (Lipinski definition) is 0. The molecule has 2 atom stereocenters. The maximum absolute atomic E-state index is 12.7. The molecular formula is C17H23N3O2. The van der Waals surface area contributed by atoms with Gasteiger partial charge >= 0.3 is 0 Å². The van der Waals surface area contributed by atoms with Crippen LogP contribution >= 0.6 is 0 Å². The summed E-state index contributed by atoms with van der Waals surface area (Å²) in [6.45, 7) is 3.38. The predicted molar refractivity (Wildman–Crippen MR) is 82.8 cm³/mol. The highest BCUT2D eigenvalue weighted by molar-refractivity contribution is 5.89. The minimum atomic E-state index is -0.206. The van der Waals surface area contributed by atoms with Crippen molar-refractivity contribution in [3.63, 3.8) is 0 Å². The van der Waals surface area contributed by atoms with Gasteiger partial charge in [0, 0.05) is 32.8 Å². The molecule has 0 aromatic carbocycles. The molecule has 2 heterocycles. The molecule has 5 nitrogen and oxygen atoms in total. The summed E-state index contributed by atoms with van der Waals surface area (Å²) in [5.41, 5.74) is 0.873. The number of carbonyl (C=O) groups excluding carboxylic acids is 2. The zero-order valence-corrected chi connectivity index (χ0v) is 13.2. The van der Waals surface area contributed by atoms with Crippen LogP contribution < -0.4 is 0 Å². The van der Waals surface area contributed by atoms with Crippen LogP contribution in [0.5, 0.6) is 0 Å². The summed E-state index contributed by atoms with van der Waals surface area (Å²) in [6.07, 6.45) is 4.53. The highest BCUT2D eigenvalue weighted by Gasteiger charge is 2.38. The van der Waals surface area contributed by atoms with E-state index < -0.39 is 0 Å². The highest BCUT2D eigenvalue weighted by atomic mass is 16.2. The summed E-state index contributed by atoms with van der Waals surface area (Å²) in [7, 11) is 1.80. The van der Waals surface area contributed by atoms with E-state index >= 15 is 0 Å². The monoisotopic (exact) mass is 301 g/mol. The van der Waals surface area contributed by atoms with Crippen molar-refractivity contribution in [2.24, 2.45) is 11.8 Å². The fourth-order valence-electron chi connectivity index (χ4n) is 3.03. The average Bonchev–Trinajstić information content (AvgIpc) is 3.28. The van der Waals surface area contributed by atoms with E-state index in [1.54, 1.807) is 18.1 Å². The summed E-state index contributed by atoms with van der Waals surface area (Å²) in [5, 5.41) is 0. The number of hydrogen-bond acceptors (Lipinski definition) is 3. The van der Waals surface area contributed by atoms with Crippen molar-refractivity contribution in [3.8, 4) is 0 Å². The van der Waals surface area contributed by atoms with Crippen LogP contribution in [0.1, 0.15) is 37.9 Å². The Hall–Kier alpha value is -1.91. The van der Waals surface area contributed by atoms with Gasteiger partial charge in [0.2, 0.25) is 11.8 Å². The summed E-state index contributed by atoms with van der Waals surface area (Å²) in [4.78, 5) is 32.6. The fraction of sp³-hybridized carbons (Fsp3) is 0.588. The Morgan fingerprint density at radius 3 is 2.86 bits per heavy atom. The molecule has 1 aliphatic heterocycles. The Morgan fingerprint density at radius 1 is 1.45 bits per heavy atom. The van der Waals surface area contributed by atoms with E-state index in [1.165, 1.54) is 12.8 Å². The van der Waals surface area contributed by atoms with Crippen molar-refractivity contribution in [3.05, 3.63) is 30.1 Å². The molecule has 2 aliphatic rings. The standard InChI is InChI=1S/C17H23N3O2/c1-12(15-5-3-4-8-18-15)19(2)17(22)14-9-16(21)20(11-14)10-13-6-7-13/h3-5,8,12-14H,6-7,9-11H2,1-2H3/t12-,14-/m0/s1. The first kappa shape index (κ1) is 15.0. The third-order valence-corrected chi connectivity index (χ3v) is 4.78. The molecule has 5 heteroatoms. The lowest BCUT2D eigenvalue weighted by Gasteiger charge is -2.27. The first-order chi connectivity index (χ1) is 10.6. The molecule has 1 saturated carbocycles. The number of likely N-dealkylation sites (tertiary alicyclic amines) is 1. The number of nitrogens with zero attached hydrogens (tertiary/aromatic N) is 3. The molecule has 1 aromatic rings. The summed E-state index contributed by atoms with van der Waals surface area (Å²) in [6, 6.07) is 5.63. The zero-order chi connectivity index (χ0) is 15.7. The van der Waals surface area contributed by atoms with E-state index in [9.17, 15) is 9.59 Å². The summed E-state index contributed by atoms with van der Waals surface area (Å²) >= 11 is 0. The summed E-state index contributed by atoms with van der Waals surface area (Å²) < 4.78 is 0. The predicted octanol–water partition coefficient (Wildman–Crippen LogP) is 1.86. The van der Waals surface area contributed by atoms with Crippen LogP contribution in [0.4, 0.5) is 0 Å². The topological polar surface area (TPSA) is 53.5 Å². The number of aromatic nitrogens is 1. The van der Waals surface area contributed by atoms with Crippen LogP contribution in [-0.4, -0.2) is 46.7 Å². The lowest BCUT2D eigenvalue weighted by molar-refractivity contribution is -0.136. The average molecular weight is 301 g/mol. The smallest absolute Gasteiger partial charge is 0.228 e. The van der Waals surface area contributed by atoms with Crippen molar-refractivity contribution in [2.75, 3.05) is 20.1 Å². The van der Waals surface area contributed by atoms with E-state index in [4.69, 9.17) is 0 Å². The van der Waals surface area contributed by atoms with Crippen molar-refractivity contribution >= 4 is 11.8 Å². The molecule has 22 heavy (non-hydrogen) atoms. The minimum Gasteiger partial charge on any atom is -0.342 e. The Balaban J connectivity index is 1.62. The second kappa shape index (κ2) is 6.07. The summed E-state index contributed by atoms with van der Waals surface area (Å²) in [5.74, 6) is 0.638. The van der Waals surface area contributed by atoms with Crippen molar-refractivity contribution in [1.82, 2.24) is 14.8 Å². The first-order valence-electron chi connectivity index (χ1n) is 8.01. The zero-order valence-electron chi connectivity index (χ0n) is 13.2. The molecule has 118 valence electrons. The lowest BCUT2D eigenvalue weighted by Crippen LogP contribution is -2.36. The molecule has 0 unspecified atom stereocenters. The molecule has 0 bridgehead atoms. The van der Waals surface area contributed by atoms with Gasteiger partial charge in [-0.15, -0.1) is 0 Å².